The third kappa shape index (κ3) is 4.48. The van der Waals surface area contributed by atoms with Gasteiger partial charge in [-0.2, -0.15) is 0 Å². The van der Waals surface area contributed by atoms with Gasteiger partial charge < -0.3 is 23.7 Å². The second-order valence-electron chi connectivity index (χ2n) is 8.26. The van der Waals surface area contributed by atoms with Gasteiger partial charge in [-0.05, 0) is 62.2 Å². The first kappa shape index (κ1) is 24.6. The Kier molecular flexibility index (Phi) is 6.75. The minimum Gasteiger partial charge on any atom is -0.493 e. The fraction of sp³-hybridized carbons (Fsp3) is 0.296. The van der Waals surface area contributed by atoms with Crippen molar-refractivity contribution in [3.8, 4) is 23.0 Å². The Morgan fingerprint density at radius 1 is 1.14 bits per heavy atom. The average molecular weight is 523 g/mol. The molecule has 3 aromatic rings. The molecule has 37 heavy (non-hydrogen) atoms. The van der Waals surface area contributed by atoms with Gasteiger partial charge in [-0.3, -0.25) is 9.36 Å². The molecule has 1 aromatic heterocycles. The highest BCUT2D eigenvalue weighted by atomic mass is 32.1. The standard InChI is InChI=1S/C27H26N2O7S/c1-5-33-21-13-17(8-10-18(21)32-4)24-23(26(31)34-6-2)15(3)28-27-29(24)25(30)22(37-27)12-16-7-9-19-20(11-16)36-14-35-19/h7-13,24H,5-6,14H2,1-4H3. The number of thiazole rings is 1. The molecule has 0 aliphatic carbocycles. The van der Waals surface area contributed by atoms with E-state index >= 15 is 0 Å². The Morgan fingerprint density at radius 3 is 2.70 bits per heavy atom. The topological polar surface area (TPSA) is 97.6 Å². The van der Waals surface area contributed by atoms with E-state index in [0.29, 0.717) is 55.8 Å². The van der Waals surface area contributed by atoms with Gasteiger partial charge in [0.15, 0.2) is 27.8 Å². The first-order chi connectivity index (χ1) is 17.9. The maximum atomic E-state index is 13.8. The van der Waals surface area contributed by atoms with Crippen molar-refractivity contribution in [3.05, 3.63) is 78.5 Å². The molecular weight excluding hydrogens is 496 g/mol. The quantitative estimate of drug-likeness (QED) is 0.440. The van der Waals surface area contributed by atoms with E-state index in [1.54, 1.807) is 43.7 Å². The second-order valence-corrected chi connectivity index (χ2v) is 9.27. The molecule has 0 fully saturated rings. The molecule has 0 saturated heterocycles. The molecule has 0 N–H and O–H groups in total. The summed E-state index contributed by atoms with van der Waals surface area (Å²) in [6.07, 6.45) is 1.78. The van der Waals surface area contributed by atoms with Crippen LogP contribution in [0.3, 0.4) is 0 Å². The summed E-state index contributed by atoms with van der Waals surface area (Å²) in [5, 5.41) is 0. The number of fused-ring (bicyclic) bond motifs is 2. The largest absolute Gasteiger partial charge is 0.493 e. The fourth-order valence-corrected chi connectivity index (χ4v) is 5.44. The van der Waals surface area contributed by atoms with Crippen LogP contribution in [-0.2, 0) is 9.53 Å². The van der Waals surface area contributed by atoms with Gasteiger partial charge in [0.2, 0.25) is 6.79 Å². The summed E-state index contributed by atoms with van der Waals surface area (Å²) in [6, 6.07) is 10.1. The van der Waals surface area contributed by atoms with Crippen LogP contribution in [0.25, 0.3) is 6.08 Å². The van der Waals surface area contributed by atoms with Gasteiger partial charge in [-0.25, -0.2) is 9.79 Å². The predicted molar refractivity (Wildman–Crippen MR) is 137 cm³/mol. The van der Waals surface area contributed by atoms with E-state index in [0.717, 1.165) is 5.56 Å². The van der Waals surface area contributed by atoms with Crippen LogP contribution in [0.5, 0.6) is 23.0 Å². The molecular formula is C27H26N2O7S. The fourth-order valence-electron chi connectivity index (χ4n) is 4.39. The first-order valence-corrected chi connectivity index (χ1v) is 12.7. The maximum Gasteiger partial charge on any atom is 0.338 e. The molecule has 3 heterocycles. The number of aromatic nitrogens is 1. The zero-order valence-electron chi connectivity index (χ0n) is 20.9. The normalized spacial score (nSPS) is 16.3. The van der Waals surface area contributed by atoms with Crippen LogP contribution in [0.15, 0.2) is 57.5 Å². The molecule has 1 atom stereocenters. The van der Waals surface area contributed by atoms with Gasteiger partial charge in [0.25, 0.3) is 5.56 Å². The smallest absolute Gasteiger partial charge is 0.338 e. The van der Waals surface area contributed by atoms with Crippen molar-refractivity contribution in [2.45, 2.75) is 26.8 Å². The number of benzene rings is 2. The number of allylic oxidation sites excluding steroid dienone is 1. The Balaban J connectivity index is 1.70. The highest BCUT2D eigenvalue weighted by Crippen LogP contribution is 2.36. The van der Waals surface area contributed by atoms with Crippen molar-refractivity contribution in [2.75, 3.05) is 27.1 Å². The summed E-state index contributed by atoms with van der Waals surface area (Å²) in [5.74, 6) is 1.84. The number of carbonyl (C=O) groups is 1. The lowest BCUT2D eigenvalue weighted by atomic mass is 9.95. The third-order valence-electron chi connectivity index (χ3n) is 6.01. The van der Waals surface area contributed by atoms with Crippen LogP contribution in [-0.4, -0.2) is 37.7 Å². The number of hydrogen-bond acceptors (Lipinski definition) is 9. The van der Waals surface area contributed by atoms with Crippen molar-refractivity contribution in [2.24, 2.45) is 4.99 Å². The number of esters is 1. The van der Waals surface area contributed by atoms with Crippen LogP contribution < -0.4 is 33.8 Å². The monoisotopic (exact) mass is 522 g/mol. The number of methoxy groups -OCH3 is 1. The molecule has 2 aliphatic rings. The third-order valence-corrected chi connectivity index (χ3v) is 7.00. The van der Waals surface area contributed by atoms with E-state index in [9.17, 15) is 9.59 Å². The number of ether oxygens (including phenoxy) is 5. The minimum absolute atomic E-state index is 0.169. The minimum atomic E-state index is -0.751. The summed E-state index contributed by atoms with van der Waals surface area (Å²) in [6.45, 7) is 6.16. The molecule has 192 valence electrons. The summed E-state index contributed by atoms with van der Waals surface area (Å²) in [5.41, 5.74) is 1.99. The summed E-state index contributed by atoms with van der Waals surface area (Å²) in [7, 11) is 1.56. The van der Waals surface area contributed by atoms with Crippen LogP contribution in [0.1, 0.15) is 37.9 Å². The maximum absolute atomic E-state index is 13.8. The van der Waals surface area contributed by atoms with Gasteiger partial charge in [-0.1, -0.05) is 23.5 Å². The molecule has 0 saturated carbocycles. The van der Waals surface area contributed by atoms with E-state index < -0.39 is 12.0 Å². The van der Waals surface area contributed by atoms with Crippen molar-refractivity contribution in [3.63, 3.8) is 0 Å². The number of rotatable bonds is 7. The van der Waals surface area contributed by atoms with E-state index in [1.807, 2.05) is 31.2 Å². The van der Waals surface area contributed by atoms with Gasteiger partial charge in [0.1, 0.15) is 0 Å². The lowest BCUT2D eigenvalue weighted by molar-refractivity contribution is -0.139. The second kappa shape index (κ2) is 10.1. The predicted octanol–water partition coefficient (Wildman–Crippen LogP) is 2.93. The number of hydrogen-bond donors (Lipinski definition) is 0. The molecule has 2 aromatic carbocycles. The summed E-state index contributed by atoms with van der Waals surface area (Å²) >= 11 is 1.26. The number of nitrogens with zero attached hydrogens (tertiary/aromatic N) is 2. The van der Waals surface area contributed by atoms with Crippen LogP contribution >= 0.6 is 11.3 Å². The molecule has 2 aliphatic heterocycles. The molecule has 0 radical (unpaired) electrons. The molecule has 10 heteroatoms. The lowest BCUT2D eigenvalue weighted by Gasteiger charge is -2.25. The van der Waals surface area contributed by atoms with Gasteiger partial charge in [0.05, 0.1) is 42.2 Å². The first-order valence-electron chi connectivity index (χ1n) is 11.8. The summed E-state index contributed by atoms with van der Waals surface area (Å²) in [4.78, 5) is 32.0. The van der Waals surface area contributed by atoms with Gasteiger partial charge >= 0.3 is 5.97 Å². The van der Waals surface area contributed by atoms with E-state index in [4.69, 9.17) is 23.7 Å². The Labute approximate surface area is 216 Å². The zero-order chi connectivity index (χ0) is 26.1. The molecule has 9 nitrogen and oxygen atoms in total. The zero-order valence-corrected chi connectivity index (χ0v) is 21.7. The summed E-state index contributed by atoms with van der Waals surface area (Å²) < 4.78 is 29.4. The highest BCUT2D eigenvalue weighted by Gasteiger charge is 2.34. The molecule has 0 bridgehead atoms. The van der Waals surface area contributed by atoms with Crippen LogP contribution in [0, 0.1) is 0 Å². The molecule has 0 spiro atoms. The van der Waals surface area contributed by atoms with Crippen molar-refractivity contribution >= 4 is 23.4 Å². The SMILES string of the molecule is CCOC(=O)C1=C(C)N=c2sc(=Cc3ccc4c(c3)OCO4)c(=O)n2C1c1ccc(OC)c(OCC)c1. The molecule has 0 amide bonds. The van der Waals surface area contributed by atoms with Crippen molar-refractivity contribution < 1.29 is 28.5 Å². The molecule has 1 unspecified atom stereocenters. The van der Waals surface area contributed by atoms with E-state index in [2.05, 4.69) is 4.99 Å². The Bertz CT molecular complexity index is 1580. The van der Waals surface area contributed by atoms with Crippen molar-refractivity contribution in [1.29, 1.82) is 0 Å². The van der Waals surface area contributed by atoms with E-state index in [-0.39, 0.29) is 19.0 Å². The van der Waals surface area contributed by atoms with Crippen LogP contribution in [0.2, 0.25) is 0 Å². The highest BCUT2D eigenvalue weighted by molar-refractivity contribution is 7.07. The number of carbonyl (C=O) groups excluding carboxylic acids is 1. The Morgan fingerprint density at radius 2 is 1.95 bits per heavy atom. The van der Waals surface area contributed by atoms with Gasteiger partial charge in [-0.15, -0.1) is 0 Å². The Hall–Kier alpha value is -4.05. The molecule has 5 rings (SSSR count). The average Bonchev–Trinajstić information content (AvgIpc) is 3.47. The van der Waals surface area contributed by atoms with E-state index in [1.165, 1.54) is 11.3 Å². The van der Waals surface area contributed by atoms with Crippen LogP contribution in [0.4, 0.5) is 0 Å². The van der Waals surface area contributed by atoms with Gasteiger partial charge in [0, 0.05) is 0 Å². The van der Waals surface area contributed by atoms with Crippen molar-refractivity contribution in [1.82, 2.24) is 4.57 Å². The lowest BCUT2D eigenvalue weighted by Crippen LogP contribution is -2.40.